The summed E-state index contributed by atoms with van der Waals surface area (Å²) in [6, 6.07) is 4.65. The van der Waals surface area contributed by atoms with Crippen LogP contribution in [0.15, 0.2) is 18.3 Å². The van der Waals surface area contributed by atoms with Crippen molar-refractivity contribution >= 4 is 11.8 Å². The van der Waals surface area contributed by atoms with Crippen LogP contribution in [-0.4, -0.2) is 46.8 Å². The first-order valence-electron chi connectivity index (χ1n) is 8.02. The summed E-state index contributed by atoms with van der Waals surface area (Å²) in [6.45, 7) is 9.47. The predicted octanol–water partition coefficient (Wildman–Crippen LogP) is 2.98. The van der Waals surface area contributed by atoms with E-state index in [1.165, 1.54) is 0 Å². The quantitative estimate of drug-likeness (QED) is 0.800. The molecule has 1 aromatic rings. The minimum Gasteiger partial charge on any atom is -0.444 e. The summed E-state index contributed by atoms with van der Waals surface area (Å²) in [5, 5.41) is 0. The maximum atomic E-state index is 12.4. The molecule has 2 atom stereocenters. The van der Waals surface area contributed by atoms with E-state index in [9.17, 15) is 4.79 Å². The third-order valence-electron chi connectivity index (χ3n) is 4.35. The van der Waals surface area contributed by atoms with Crippen molar-refractivity contribution in [3.8, 4) is 0 Å². The van der Waals surface area contributed by atoms with E-state index in [-0.39, 0.29) is 18.2 Å². The second-order valence-electron chi connectivity index (χ2n) is 7.34. The summed E-state index contributed by atoms with van der Waals surface area (Å²) in [5.74, 6) is 0. The Labute approximate surface area is 132 Å². The number of nitrogens with zero attached hydrogens (tertiary/aromatic N) is 3. The number of hydrogen-bond donors (Lipinski definition) is 0. The number of anilines is 1. The van der Waals surface area contributed by atoms with Crippen LogP contribution < -0.4 is 4.90 Å². The van der Waals surface area contributed by atoms with Crippen molar-refractivity contribution in [1.82, 2.24) is 9.88 Å². The molecule has 2 aliphatic heterocycles. The van der Waals surface area contributed by atoms with E-state index in [4.69, 9.17) is 4.74 Å². The number of amides is 1. The molecule has 0 spiro atoms. The maximum absolute atomic E-state index is 12.4. The fourth-order valence-corrected chi connectivity index (χ4v) is 3.37. The lowest BCUT2D eigenvalue weighted by Gasteiger charge is -2.42. The summed E-state index contributed by atoms with van der Waals surface area (Å²) in [6.07, 6.45) is 3.87. The number of hydrogen-bond acceptors (Lipinski definition) is 4. The second-order valence-corrected chi connectivity index (χ2v) is 7.34. The number of carbonyl (C=O) groups is 1. The highest BCUT2D eigenvalue weighted by Crippen LogP contribution is 2.33. The van der Waals surface area contributed by atoms with Gasteiger partial charge in [0.2, 0.25) is 0 Å². The van der Waals surface area contributed by atoms with E-state index in [0.717, 1.165) is 37.3 Å². The molecule has 5 nitrogen and oxygen atoms in total. The largest absolute Gasteiger partial charge is 0.444 e. The smallest absolute Gasteiger partial charge is 0.410 e. The summed E-state index contributed by atoms with van der Waals surface area (Å²) < 4.78 is 5.57. The summed E-state index contributed by atoms with van der Waals surface area (Å²) in [7, 11) is 0. The molecule has 2 unspecified atom stereocenters. The van der Waals surface area contributed by atoms with Crippen molar-refractivity contribution in [2.45, 2.75) is 58.2 Å². The van der Waals surface area contributed by atoms with Crippen LogP contribution in [-0.2, 0) is 4.74 Å². The van der Waals surface area contributed by atoms with Gasteiger partial charge in [-0.1, -0.05) is 0 Å². The van der Waals surface area contributed by atoms with E-state index in [2.05, 4.69) is 16.0 Å². The summed E-state index contributed by atoms with van der Waals surface area (Å²) >= 11 is 0. The first-order chi connectivity index (χ1) is 10.3. The molecule has 2 bridgehead atoms. The SMILES string of the molecule is Cc1ccc(N2CC3CCC(C2)N3C(=O)OC(C)(C)C)cn1. The molecule has 0 saturated carbocycles. The Hall–Kier alpha value is -1.78. The zero-order valence-electron chi connectivity index (χ0n) is 13.9. The van der Waals surface area contributed by atoms with Gasteiger partial charge in [-0.05, 0) is 52.7 Å². The molecule has 120 valence electrons. The van der Waals surface area contributed by atoms with Crippen LogP contribution in [0.4, 0.5) is 10.5 Å². The van der Waals surface area contributed by atoms with Crippen molar-refractivity contribution < 1.29 is 9.53 Å². The molecular weight excluding hydrogens is 278 g/mol. The Kier molecular flexibility index (Phi) is 3.75. The lowest BCUT2D eigenvalue weighted by Crippen LogP contribution is -2.56. The average molecular weight is 303 g/mol. The second kappa shape index (κ2) is 5.45. The van der Waals surface area contributed by atoms with Crippen molar-refractivity contribution in [3.05, 3.63) is 24.0 Å². The Morgan fingerprint density at radius 3 is 2.36 bits per heavy atom. The zero-order valence-corrected chi connectivity index (χ0v) is 13.9. The number of pyridine rings is 1. The number of piperazine rings is 1. The van der Waals surface area contributed by atoms with Crippen molar-refractivity contribution in [1.29, 1.82) is 0 Å². The fraction of sp³-hybridized carbons (Fsp3) is 0.647. The van der Waals surface area contributed by atoms with Crippen molar-refractivity contribution in [2.75, 3.05) is 18.0 Å². The number of aryl methyl sites for hydroxylation is 1. The van der Waals surface area contributed by atoms with E-state index in [1.807, 2.05) is 44.9 Å². The lowest BCUT2D eigenvalue weighted by molar-refractivity contribution is 0.0123. The Balaban J connectivity index is 1.71. The van der Waals surface area contributed by atoms with Gasteiger partial charge in [0.15, 0.2) is 0 Å². The van der Waals surface area contributed by atoms with Crippen molar-refractivity contribution in [2.24, 2.45) is 0 Å². The molecule has 2 saturated heterocycles. The van der Waals surface area contributed by atoms with E-state index in [0.29, 0.717) is 0 Å². The molecule has 3 rings (SSSR count). The summed E-state index contributed by atoms with van der Waals surface area (Å²) in [4.78, 5) is 21.1. The van der Waals surface area contributed by atoms with Gasteiger partial charge in [0.25, 0.3) is 0 Å². The van der Waals surface area contributed by atoms with Crippen LogP contribution in [0, 0.1) is 6.92 Å². The van der Waals surface area contributed by atoms with E-state index >= 15 is 0 Å². The first-order valence-corrected chi connectivity index (χ1v) is 8.02. The van der Waals surface area contributed by atoms with Crippen LogP contribution in [0.3, 0.4) is 0 Å². The lowest BCUT2D eigenvalue weighted by atomic mass is 10.1. The molecule has 1 aromatic heterocycles. The highest BCUT2D eigenvalue weighted by molar-refractivity contribution is 5.70. The molecule has 22 heavy (non-hydrogen) atoms. The molecule has 5 heteroatoms. The van der Waals surface area contributed by atoms with Gasteiger partial charge in [0, 0.05) is 18.8 Å². The predicted molar refractivity (Wildman–Crippen MR) is 86.1 cm³/mol. The summed E-state index contributed by atoms with van der Waals surface area (Å²) in [5.41, 5.74) is 1.74. The van der Waals surface area contributed by atoms with Gasteiger partial charge in [0.1, 0.15) is 5.60 Å². The number of rotatable bonds is 1. The molecule has 3 heterocycles. The minimum absolute atomic E-state index is 0.165. The molecule has 2 aliphatic rings. The topological polar surface area (TPSA) is 45.7 Å². The molecule has 0 radical (unpaired) electrons. The van der Waals surface area contributed by atoms with Crippen LogP contribution >= 0.6 is 0 Å². The molecule has 1 amide bonds. The maximum Gasteiger partial charge on any atom is 0.410 e. The van der Waals surface area contributed by atoms with Gasteiger partial charge in [-0.3, -0.25) is 9.88 Å². The highest BCUT2D eigenvalue weighted by atomic mass is 16.6. The third kappa shape index (κ3) is 3.03. The van der Waals surface area contributed by atoms with E-state index < -0.39 is 5.60 Å². The van der Waals surface area contributed by atoms with Crippen molar-refractivity contribution in [3.63, 3.8) is 0 Å². The highest BCUT2D eigenvalue weighted by Gasteiger charge is 2.44. The Morgan fingerprint density at radius 2 is 1.86 bits per heavy atom. The number of ether oxygens (including phenoxy) is 1. The Morgan fingerprint density at radius 1 is 1.23 bits per heavy atom. The van der Waals surface area contributed by atoms with Gasteiger partial charge in [-0.2, -0.15) is 0 Å². The number of aromatic nitrogens is 1. The van der Waals surface area contributed by atoms with Gasteiger partial charge < -0.3 is 9.64 Å². The number of carbonyl (C=O) groups excluding carboxylic acids is 1. The van der Waals surface area contributed by atoms with Crippen LogP contribution in [0.5, 0.6) is 0 Å². The minimum atomic E-state index is -0.436. The molecule has 2 fully saturated rings. The number of fused-ring (bicyclic) bond motifs is 2. The van der Waals surface area contributed by atoms with E-state index in [1.54, 1.807) is 0 Å². The Bertz CT molecular complexity index is 536. The normalized spacial score (nSPS) is 24.5. The van der Waals surface area contributed by atoms with Gasteiger partial charge >= 0.3 is 6.09 Å². The van der Waals surface area contributed by atoms with Crippen LogP contribution in [0.2, 0.25) is 0 Å². The molecule has 0 aliphatic carbocycles. The average Bonchev–Trinajstić information content (AvgIpc) is 2.69. The third-order valence-corrected chi connectivity index (χ3v) is 4.35. The molecule has 0 N–H and O–H groups in total. The van der Waals surface area contributed by atoms with Crippen LogP contribution in [0.1, 0.15) is 39.3 Å². The molecular formula is C17H25N3O2. The van der Waals surface area contributed by atoms with Gasteiger partial charge in [-0.25, -0.2) is 4.79 Å². The van der Waals surface area contributed by atoms with Gasteiger partial charge in [-0.15, -0.1) is 0 Å². The fourth-order valence-electron chi connectivity index (χ4n) is 3.37. The zero-order chi connectivity index (χ0) is 15.9. The van der Waals surface area contributed by atoms with Crippen LogP contribution in [0.25, 0.3) is 0 Å². The first kappa shape index (κ1) is 15.1. The standard InChI is InChI=1S/C17H25N3O2/c1-12-5-6-13(9-18-12)19-10-14-7-8-15(11-19)20(14)16(21)22-17(2,3)4/h5-6,9,14-15H,7-8,10-11H2,1-4H3. The van der Waals surface area contributed by atoms with Gasteiger partial charge in [0.05, 0.1) is 24.0 Å². The molecule has 0 aromatic carbocycles. The monoisotopic (exact) mass is 303 g/mol.